The van der Waals surface area contributed by atoms with Crippen molar-refractivity contribution in [3.8, 4) is 5.75 Å². The highest BCUT2D eigenvalue weighted by Crippen LogP contribution is 2.37. The number of methoxy groups -OCH3 is 1. The fourth-order valence-electron chi connectivity index (χ4n) is 2.66. The largest absolute Gasteiger partial charge is 0.495 e. The number of para-hydroxylation sites is 2. The first-order valence-electron chi connectivity index (χ1n) is 8.36. The molecule has 2 aromatic heterocycles. The standard InChI is InChI=1S/C19H21N3O2S2/c1-5-15(17(23)22-13-8-6-7-9-14(13)24-4)26-19-16-11(2)12(3)25-18(16)20-10-21-19/h6-10,15H,5H2,1-4H3,(H,22,23). The van der Waals surface area contributed by atoms with Gasteiger partial charge in [0.1, 0.15) is 21.9 Å². The molecule has 0 spiro atoms. The average Bonchev–Trinajstić information content (AvgIpc) is 2.94. The lowest BCUT2D eigenvalue weighted by molar-refractivity contribution is -0.115. The molecule has 1 N–H and O–H groups in total. The van der Waals surface area contributed by atoms with Crippen molar-refractivity contribution in [1.82, 2.24) is 9.97 Å². The van der Waals surface area contributed by atoms with E-state index in [2.05, 4.69) is 29.1 Å². The van der Waals surface area contributed by atoms with Gasteiger partial charge in [-0.1, -0.05) is 30.8 Å². The van der Waals surface area contributed by atoms with E-state index in [1.807, 2.05) is 31.2 Å². The second kappa shape index (κ2) is 8.05. The van der Waals surface area contributed by atoms with Crippen LogP contribution in [0.15, 0.2) is 35.6 Å². The summed E-state index contributed by atoms with van der Waals surface area (Å²) in [7, 11) is 1.59. The van der Waals surface area contributed by atoms with E-state index in [9.17, 15) is 4.79 Å². The summed E-state index contributed by atoms with van der Waals surface area (Å²) in [5, 5.41) is 4.64. The number of ether oxygens (including phenoxy) is 1. The number of nitrogens with one attached hydrogen (secondary N) is 1. The summed E-state index contributed by atoms with van der Waals surface area (Å²) in [6.07, 6.45) is 2.27. The molecule has 0 bridgehead atoms. The van der Waals surface area contributed by atoms with E-state index >= 15 is 0 Å². The molecule has 3 aromatic rings. The lowest BCUT2D eigenvalue weighted by Crippen LogP contribution is -2.25. The van der Waals surface area contributed by atoms with Crippen molar-refractivity contribution in [3.05, 3.63) is 41.0 Å². The number of aryl methyl sites for hydroxylation is 2. The minimum atomic E-state index is -0.252. The van der Waals surface area contributed by atoms with Crippen molar-refractivity contribution < 1.29 is 9.53 Å². The van der Waals surface area contributed by atoms with Crippen molar-refractivity contribution in [2.45, 2.75) is 37.5 Å². The Kier molecular flexibility index (Phi) is 5.78. The Labute approximate surface area is 161 Å². The van der Waals surface area contributed by atoms with Crippen LogP contribution in [0.2, 0.25) is 0 Å². The Bertz CT molecular complexity index is 940. The fourth-order valence-corrected chi connectivity index (χ4v) is 4.80. The van der Waals surface area contributed by atoms with Crippen LogP contribution in [0.4, 0.5) is 5.69 Å². The molecule has 0 aliphatic rings. The number of thioether (sulfide) groups is 1. The third-order valence-electron chi connectivity index (χ3n) is 4.21. The lowest BCUT2D eigenvalue weighted by atomic mass is 10.2. The minimum Gasteiger partial charge on any atom is -0.495 e. The summed E-state index contributed by atoms with van der Waals surface area (Å²) in [5.74, 6) is 0.591. The summed E-state index contributed by atoms with van der Waals surface area (Å²) < 4.78 is 5.31. The molecule has 0 saturated carbocycles. The second-order valence-corrected chi connectivity index (χ2v) is 8.24. The summed E-state index contributed by atoms with van der Waals surface area (Å²) in [4.78, 5) is 23.8. The summed E-state index contributed by atoms with van der Waals surface area (Å²) in [5.41, 5.74) is 1.86. The van der Waals surface area contributed by atoms with E-state index in [1.165, 1.54) is 22.2 Å². The zero-order valence-electron chi connectivity index (χ0n) is 15.2. The van der Waals surface area contributed by atoms with E-state index in [4.69, 9.17) is 4.74 Å². The van der Waals surface area contributed by atoms with E-state index < -0.39 is 0 Å². The molecule has 1 aromatic carbocycles. The molecule has 1 amide bonds. The van der Waals surface area contributed by atoms with Crippen molar-refractivity contribution >= 4 is 44.9 Å². The predicted octanol–water partition coefficient (Wildman–Crippen LogP) is 4.83. The predicted molar refractivity (Wildman–Crippen MR) is 108 cm³/mol. The molecule has 0 aliphatic heterocycles. The number of aromatic nitrogens is 2. The minimum absolute atomic E-state index is 0.0571. The molecular weight excluding hydrogens is 366 g/mol. The molecule has 1 unspecified atom stereocenters. The van der Waals surface area contributed by atoms with E-state index in [1.54, 1.807) is 24.8 Å². The quantitative estimate of drug-likeness (QED) is 0.485. The third-order valence-corrected chi connectivity index (χ3v) is 6.69. The summed E-state index contributed by atoms with van der Waals surface area (Å²) in [6, 6.07) is 7.41. The first-order valence-corrected chi connectivity index (χ1v) is 10.1. The van der Waals surface area contributed by atoms with Crippen LogP contribution >= 0.6 is 23.1 Å². The van der Waals surface area contributed by atoms with Crippen molar-refractivity contribution in [1.29, 1.82) is 0 Å². The van der Waals surface area contributed by atoms with E-state index in [0.29, 0.717) is 17.9 Å². The van der Waals surface area contributed by atoms with Crippen LogP contribution in [0.25, 0.3) is 10.2 Å². The molecule has 2 heterocycles. The molecule has 136 valence electrons. The van der Waals surface area contributed by atoms with Gasteiger partial charge in [-0.05, 0) is 38.0 Å². The average molecular weight is 388 g/mol. The van der Waals surface area contributed by atoms with Gasteiger partial charge < -0.3 is 10.1 Å². The SMILES string of the molecule is CCC(Sc1ncnc2sc(C)c(C)c12)C(=O)Nc1ccccc1OC. The zero-order chi connectivity index (χ0) is 18.7. The van der Waals surface area contributed by atoms with Crippen molar-refractivity contribution in [3.63, 3.8) is 0 Å². The maximum absolute atomic E-state index is 12.8. The van der Waals surface area contributed by atoms with Gasteiger partial charge in [0.15, 0.2) is 0 Å². The van der Waals surface area contributed by atoms with Gasteiger partial charge in [0, 0.05) is 10.3 Å². The topological polar surface area (TPSA) is 64.1 Å². The van der Waals surface area contributed by atoms with Gasteiger partial charge in [0.2, 0.25) is 5.91 Å². The maximum atomic E-state index is 12.8. The van der Waals surface area contributed by atoms with Crippen LogP contribution in [0, 0.1) is 13.8 Å². The Hall–Kier alpha value is -2.12. The molecule has 7 heteroatoms. The first kappa shape index (κ1) is 18.7. The molecular formula is C19H21N3O2S2. The van der Waals surface area contributed by atoms with Crippen LogP contribution in [0.3, 0.4) is 0 Å². The molecule has 5 nitrogen and oxygen atoms in total. The second-order valence-electron chi connectivity index (χ2n) is 5.85. The summed E-state index contributed by atoms with van der Waals surface area (Å²) >= 11 is 3.15. The number of hydrogen-bond acceptors (Lipinski definition) is 6. The number of benzene rings is 1. The normalized spacial score (nSPS) is 12.2. The lowest BCUT2D eigenvalue weighted by Gasteiger charge is -2.16. The molecule has 0 saturated heterocycles. The number of hydrogen-bond donors (Lipinski definition) is 1. The Morgan fingerprint density at radius 2 is 2.08 bits per heavy atom. The number of thiophene rings is 1. The maximum Gasteiger partial charge on any atom is 0.238 e. The zero-order valence-corrected chi connectivity index (χ0v) is 16.8. The van der Waals surface area contributed by atoms with Gasteiger partial charge in [-0.3, -0.25) is 4.79 Å². The Balaban J connectivity index is 1.85. The van der Waals surface area contributed by atoms with Gasteiger partial charge in [0.05, 0.1) is 18.0 Å². The molecule has 1 atom stereocenters. The highest BCUT2D eigenvalue weighted by atomic mass is 32.2. The number of carbonyl (C=O) groups is 1. The number of amides is 1. The van der Waals surface area contributed by atoms with Gasteiger partial charge in [0.25, 0.3) is 0 Å². The number of rotatable bonds is 6. The van der Waals surface area contributed by atoms with Crippen molar-refractivity contribution in [2.75, 3.05) is 12.4 Å². The molecule has 0 radical (unpaired) electrons. The molecule has 26 heavy (non-hydrogen) atoms. The van der Waals surface area contributed by atoms with Gasteiger partial charge >= 0.3 is 0 Å². The molecule has 0 aliphatic carbocycles. The van der Waals surface area contributed by atoms with Gasteiger partial charge in [-0.25, -0.2) is 9.97 Å². The smallest absolute Gasteiger partial charge is 0.238 e. The van der Waals surface area contributed by atoms with Gasteiger partial charge in [-0.2, -0.15) is 0 Å². The highest BCUT2D eigenvalue weighted by molar-refractivity contribution is 8.00. The number of anilines is 1. The molecule has 0 fully saturated rings. The fraction of sp³-hybridized carbons (Fsp3) is 0.316. The highest BCUT2D eigenvalue weighted by Gasteiger charge is 2.22. The van der Waals surface area contributed by atoms with E-state index in [-0.39, 0.29) is 11.2 Å². The monoisotopic (exact) mass is 387 g/mol. The Morgan fingerprint density at radius 1 is 1.31 bits per heavy atom. The first-order chi connectivity index (χ1) is 12.5. The molecule has 3 rings (SSSR count). The number of carbonyl (C=O) groups excluding carboxylic acids is 1. The van der Waals surface area contributed by atoms with Crippen LogP contribution in [-0.2, 0) is 4.79 Å². The van der Waals surface area contributed by atoms with Crippen LogP contribution in [0.1, 0.15) is 23.8 Å². The number of fused-ring (bicyclic) bond motifs is 1. The van der Waals surface area contributed by atoms with Crippen LogP contribution in [0.5, 0.6) is 5.75 Å². The number of nitrogens with zero attached hydrogens (tertiary/aromatic N) is 2. The third kappa shape index (κ3) is 3.68. The Morgan fingerprint density at radius 3 is 2.81 bits per heavy atom. The van der Waals surface area contributed by atoms with Crippen LogP contribution in [-0.4, -0.2) is 28.2 Å². The van der Waals surface area contributed by atoms with Crippen molar-refractivity contribution in [2.24, 2.45) is 0 Å². The van der Waals surface area contributed by atoms with E-state index in [0.717, 1.165) is 15.2 Å². The van der Waals surface area contributed by atoms with Gasteiger partial charge in [-0.15, -0.1) is 11.3 Å². The van der Waals surface area contributed by atoms with Crippen LogP contribution < -0.4 is 10.1 Å². The summed E-state index contributed by atoms with van der Waals surface area (Å²) in [6.45, 7) is 6.17.